The molecule has 1 heterocycles. The summed E-state index contributed by atoms with van der Waals surface area (Å²) in [6.07, 6.45) is 3.55. The van der Waals surface area contributed by atoms with E-state index in [1.165, 1.54) is 18.2 Å². The van der Waals surface area contributed by atoms with Crippen molar-refractivity contribution in [2.24, 2.45) is 7.05 Å². The zero-order valence-corrected chi connectivity index (χ0v) is 12.7. The van der Waals surface area contributed by atoms with Gasteiger partial charge in [-0.3, -0.25) is 5.32 Å². The van der Waals surface area contributed by atoms with Crippen LogP contribution in [0.2, 0.25) is 0 Å². The first-order chi connectivity index (χ1) is 11.1. The third kappa shape index (κ3) is 3.46. The minimum Gasteiger partial charge on any atom is -0.336 e. The summed E-state index contributed by atoms with van der Waals surface area (Å²) in [4.78, 5) is 4.36. The van der Waals surface area contributed by atoms with E-state index in [2.05, 4.69) is 10.3 Å². The number of hydrogen-bond donors (Lipinski definition) is 1. The first-order valence-electron chi connectivity index (χ1n) is 7.34. The molecular formula is C18H17F2N3. The van der Waals surface area contributed by atoms with E-state index in [0.717, 1.165) is 11.4 Å². The largest absolute Gasteiger partial charge is 0.336 e. The molecule has 2 aromatic carbocycles. The Hall–Kier alpha value is -2.53. The smallest absolute Gasteiger partial charge is 0.130 e. The van der Waals surface area contributed by atoms with E-state index in [-0.39, 0.29) is 17.7 Å². The highest BCUT2D eigenvalue weighted by Crippen LogP contribution is 2.21. The van der Waals surface area contributed by atoms with E-state index in [4.69, 9.17) is 0 Å². The third-order valence-corrected chi connectivity index (χ3v) is 3.77. The minimum absolute atomic E-state index is 0.252. The van der Waals surface area contributed by atoms with E-state index >= 15 is 0 Å². The lowest BCUT2D eigenvalue weighted by Gasteiger charge is -2.19. The van der Waals surface area contributed by atoms with Gasteiger partial charge in [0.25, 0.3) is 0 Å². The van der Waals surface area contributed by atoms with Crippen LogP contribution in [0, 0.1) is 11.6 Å². The molecule has 0 radical (unpaired) electrons. The van der Waals surface area contributed by atoms with Crippen LogP contribution in [0.25, 0.3) is 0 Å². The third-order valence-electron chi connectivity index (χ3n) is 3.77. The fraction of sp³-hybridized carbons (Fsp3) is 0.167. The summed E-state index contributed by atoms with van der Waals surface area (Å²) in [6, 6.07) is 12.6. The number of halogens is 2. The Labute approximate surface area is 133 Å². The van der Waals surface area contributed by atoms with Gasteiger partial charge in [-0.1, -0.05) is 30.3 Å². The van der Waals surface area contributed by atoms with Gasteiger partial charge < -0.3 is 4.57 Å². The molecule has 0 aliphatic rings. The fourth-order valence-corrected chi connectivity index (χ4v) is 2.52. The predicted octanol–water partition coefficient (Wildman–Crippen LogP) is 3.58. The van der Waals surface area contributed by atoms with Crippen LogP contribution in [0.5, 0.6) is 0 Å². The molecule has 3 aromatic rings. The molecule has 1 aromatic heterocycles. The first-order valence-corrected chi connectivity index (χ1v) is 7.34. The number of benzene rings is 2. The molecule has 3 nitrogen and oxygen atoms in total. The van der Waals surface area contributed by atoms with Gasteiger partial charge in [0, 0.05) is 31.5 Å². The second-order valence-electron chi connectivity index (χ2n) is 5.35. The summed E-state index contributed by atoms with van der Waals surface area (Å²) in [5.41, 5.74) is 1.45. The number of rotatable bonds is 5. The van der Waals surface area contributed by atoms with Crippen molar-refractivity contribution >= 4 is 0 Å². The second-order valence-corrected chi connectivity index (χ2v) is 5.35. The molecule has 118 valence electrons. The number of nitrogens with one attached hydrogen (secondary N) is 1. The molecule has 0 saturated carbocycles. The highest BCUT2D eigenvalue weighted by molar-refractivity contribution is 5.26. The summed E-state index contributed by atoms with van der Waals surface area (Å²) >= 11 is 0. The van der Waals surface area contributed by atoms with Crippen molar-refractivity contribution in [3.63, 3.8) is 0 Å². The Bertz CT molecular complexity index is 781. The summed E-state index contributed by atoms with van der Waals surface area (Å²) in [7, 11) is 1.89. The molecule has 1 N–H and O–H groups in total. The van der Waals surface area contributed by atoms with E-state index < -0.39 is 0 Å². The second kappa shape index (κ2) is 6.71. The molecule has 0 unspecified atom stereocenters. The number of hydrogen-bond acceptors (Lipinski definition) is 2. The maximum Gasteiger partial charge on any atom is 0.130 e. The Morgan fingerprint density at radius 2 is 1.83 bits per heavy atom. The predicted molar refractivity (Wildman–Crippen MR) is 84.7 cm³/mol. The van der Waals surface area contributed by atoms with Gasteiger partial charge in [0.1, 0.15) is 17.5 Å². The van der Waals surface area contributed by atoms with Crippen molar-refractivity contribution in [3.8, 4) is 0 Å². The van der Waals surface area contributed by atoms with E-state index in [1.807, 2.05) is 17.8 Å². The van der Waals surface area contributed by atoms with Crippen LogP contribution in [0.1, 0.15) is 23.0 Å². The molecule has 1 atom stereocenters. The lowest BCUT2D eigenvalue weighted by molar-refractivity contribution is 0.534. The molecule has 23 heavy (non-hydrogen) atoms. The van der Waals surface area contributed by atoms with Crippen molar-refractivity contribution in [3.05, 3.63) is 89.5 Å². The molecule has 0 fully saturated rings. The molecule has 0 amide bonds. The maximum absolute atomic E-state index is 13.8. The molecule has 3 rings (SSSR count). The van der Waals surface area contributed by atoms with Crippen LogP contribution >= 0.6 is 0 Å². The highest BCUT2D eigenvalue weighted by atomic mass is 19.1. The molecule has 0 aliphatic heterocycles. The van der Waals surface area contributed by atoms with Crippen LogP contribution in [0.4, 0.5) is 8.78 Å². The van der Waals surface area contributed by atoms with Gasteiger partial charge in [0.2, 0.25) is 0 Å². The quantitative estimate of drug-likeness (QED) is 0.780. The van der Waals surface area contributed by atoms with Crippen molar-refractivity contribution in [2.75, 3.05) is 0 Å². The van der Waals surface area contributed by atoms with Crippen molar-refractivity contribution in [1.29, 1.82) is 0 Å². The number of imidazole rings is 1. The molecule has 5 heteroatoms. The first kappa shape index (κ1) is 15.4. The zero-order valence-electron chi connectivity index (χ0n) is 12.7. The normalized spacial score (nSPS) is 12.3. The molecule has 0 saturated heterocycles. The standard InChI is InChI=1S/C18H17F2N3/c1-23-11-10-21-18(23)17(13-6-8-15(19)9-7-13)22-12-14-4-2-3-5-16(14)20/h2-11,17,22H,12H2,1H3/t17-/m1/s1. The zero-order chi connectivity index (χ0) is 16.2. The van der Waals surface area contributed by atoms with Gasteiger partial charge in [-0.05, 0) is 23.8 Å². The Kier molecular flexibility index (Phi) is 4.48. The highest BCUT2D eigenvalue weighted by Gasteiger charge is 2.18. The molecule has 0 spiro atoms. The van der Waals surface area contributed by atoms with Gasteiger partial charge in [0.15, 0.2) is 0 Å². The average molecular weight is 313 g/mol. The lowest BCUT2D eigenvalue weighted by Crippen LogP contribution is -2.25. The topological polar surface area (TPSA) is 29.9 Å². The van der Waals surface area contributed by atoms with Gasteiger partial charge >= 0.3 is 0 Å². The van der Waals surface area contributed by atoms with Crippen LogP contribution in [0.15, 0.2) is 60.9 Å². The van der Waals surface area contributed by atoms with Crippen LogP contribution in [0.3, 0.4) is 0 Å². The van der Waals surface area contributed by atoms with Crippen molar-refractivity contribution in [1.82, 2.24) is 14.9 Å². The summed E-state index contributed by atoms with van der Waals surface area (Å²) in [6.45, 7) is 0.349. The fourth-order valence-electron chi connectivity index (χ4n) is 2.52. The Morgan fingerprint density at radius 1 is 1.09 bits per heavy atom. The maximum atomic E-state index is 13.8. The van der Waals surface area contributed by atoms with Gasteiger partial charge in [-0.15, -0.1) is 0 Å². The van der Waals surface area contributed by atoms with E-state index in [0.29, 0.717) is 12.1 Å². The van der Waals surface area contributed by atoms with Crippen LogP contribution < -0.4 is 5.32 Å². The van der Waals surface area contributed by atoms with Gasteiger partial charge in [-0.25, -0.2) is 13.8 Å². The van der Waals surface area contributed by atoms with Crippen molar-refractivity contribution < 1.29 is 8.78 Å². The number of aryl methyl sites for hydroxylation is 1. The lowest BCUT2D eigenvalue weighted by atomic mass is 10.1. The van der Waals surface area contributed by atoms with Crippen LogP contribution in [-0.4, -0.2) is 9.55 Å². The summed E-state index contributed by atoms with van der Waals surface area (Å²) in [5, 5.41) is 3.31. The molecular weight excluding hydrogens is 296 g/mol. The monoisotopic (exact) mass is 313 g/mol. The SMILES string of the molecule is Cn1ccnc1[C@H](NCc1ccccc1F)c1ccc(F)cc1. The van der Waals surface area contributed by atoms with E-state index in [9.17, 15) is 8.78 Å². The molecule has 0 bridgehead atoms. The Morgan fingerprint density at radius 3 is 2.48 bits per heavy atom. The van der Waals surface area contributed by atoms with Gasteiger partial charge in [-0.2, -0.15) is 0 Å². The minimum atomic E-state index is -0.290. The Balaban J connectivity index is 1.88. The molecule has 0 aliphatic carbocycles. The average Bonchev–Trinajstić information content (AvgIpc) is 2.97. The van der Waals surface area contributed by atoms with E-state index in [1.54, 1.807) is 36.5 Å². The summed E-state index contributed by atoms with van der Waals surface area (Å²) < 4.78 is 28.9. The summed E-state index contributed by atoms with van der Waals surface area (Å²) in [5.74, 6) is 0.243. The number of aromatic nitrogens is 2. The van der Waals surface area contributed by atoms with Crippen molar-refractivity contribution in [2.45, 2.75) is 12.6 Å². The van der Waals surface area contributed by atoms with Gasteiger partial charge in [0.05, 0.1) is 6.04 Å². The number of nitrogens with zero attached hydrogens (tertiary/aromatic N) is 2. The van der Waals surface area contributed by atoms with Crippen LogP contribution in [-0.2, 0) is 13.6 Å².